The van der Waals surface area contributed by atoms with E-state index in [-0.39, 0.29) is 12.6 Å². The van der Waals surface area contributed by atoms with Gasteiger partial charge in [0.05, 0.1) is 16.5 Å². The van der Waals surface area contributed by atoms with Gasteiger partial charge >= 0.3 is 6.18 Å². The van der Waals surface area contributed by atoms with E-state index in [1.807, 2.05) is 18.6 Å². The maximum absolute atomic E-state index is 13.0. The standard InChI is InChI=1S/C15H22F3N3O3S/c1-4-19-10(2)9-20-14(22)11(3)21-25(23,24)13-8-6-5-7-12(13)15(16,17)18/h5-8,10-11,19,21H,4,9H2,1-3H3,(H,20,22)/t10-,11?/m1/s1. The predicted molar refractivity (Wildman–Crippen MR) is 87.4 cm³/mol. The van der Waals surface area contributed by atoms with Crippen molar-refractivity contribution in [2.45, 2.75) is 43.9 Å². The summed E-state index contributed by atoms with van der Waals surface area (Å²) in [6.45, 7) is 5.96. The number of carbonyl (C=O) groups excluding carboxylic acids is 1. The molecule has 0 radical (unpaired) electrons. The number of amides is 1. The molecule has 6 nitrogen and oxygen atoms in total. The van der Waals surface area contributed by atoms with E-state index in [1.54, 1.807) is 0 Å². The van der Waals surface area contributed by atoms with Crippen LogP contribution in [0, 0.1) is 0 Å². The fraction of sp³-hybridized carbons (Fsp3) is 0.533. The third kappa shape index (κ3) is 6.29. The topological polar surface area (TPSA) is 87.3 Å². The molecule has 1 rings (SSSR count). The minimum Gasteiger partial charge on any atom is -0.353 e. The lowest BCUT2D eigenvalue weighted by molar-refractivity contribution is -0.139. The Morgan fingerprint density at radius 3 is 2.36 bits per heavy atom. The number of sulfonamides is 1. The monoisotopic (exact) mass is 381 g/mol. The Morgan fingerprint density at radius 2 is 1.80 bits per heavy atom. The van der Waals surface area contributed by atoms with E-state index in [0.717, 1.165) is 12.1 Å². The number of likely N-dealkylation sites (N-methyl/N-ethyl adjacent to an activating group) is 1. The molecule has 0 aromatic heterocycles. The molecule has 1 unspecified atom stereocenters. The molecule has 25 heavy (non-hydrogen) atoms. The molecule has 0 aliphatic rings. The second-order valence-electron chi connectivity index (χ2n) is 5.54. The molecular formula is C15H22F3N3O3S. The van der Waals surface area contributed by atoms with Crippen LogP contribution in [0.1, 0.15) is 26.3 Å². The fourth-order valence-corrected chi connectivity index (χ4v) is 3.54. The number of hydrogen-bond acceptors (Lipinski definition) is 4. The van der Waals surface area contributed by atoms with Crippen LogP contribution < -0.4 is 15.4 Å². The predicted octanol–water partition coefficient (Wildman–Crippen LogP) is 1.49. The zero-order chi connectivity index (χ0) is 19.3. The first kappa shape index (κ1) is 21.4. The summed E-state index contributed by atoms with van der Waals surface area (Å²) in [6.07, 6.45) is -4.82. The van der Waals surface area contributed by atoms with Gasteiger partial charge in [-0.1, -0.05) is 19.1 Å². The zero-order valence-electron chi connectivity index (χ0n) is 14.1. The van der Waals surface area contributed by atoms with Crippen LogP contribution in [0.2, 0.25) is 0 Å². The van der Waals surface area contributed by atoms with Gasteiger partial charge in [0.15, 0.2) is 0 Å². The molecule has 10 heteroatoms. The largest absolute Gasteiger partial charge is 0.417 e. The van der Waals surface area contributed by atoms with Crippen molar-refractivity contribution in [1.29, 1.82) is 0 Å². The first-order chi connectivity index (χ1) is 11.5. The van der Waals surface area contributed by atoms with Crippen LogP contribution >= 0.6 is 0 Å². The highest BCUT2D eigenvalue weighted by atomic mass is 32.2. The molecule has 142 valence electrons. The van der Waals surface area contributed by atoms with Crippen LogP contribution in [0.4, 0.5) is 13.2 Å². The SMILES string of the molecule is CCN[C@H](C)CNC(=O)C(C)NS(=O)(=O)c1ccccc1C(F)(F)F. The van der Waals surface area contributed by atoms with Gasteiger partial charge in [0.25, 0.3) is 0 Å². The molecule has 0 saturated carbocycles. The van der Waals surface area contributed by atoms with Crippen molar-refractivity contribution in [3.63, 3.8) is 0 Å². The van der Waals surface area contributed by atoms with Gasteiger partial charge in [-0.25, -0.2) is 8.42 Å². The number of benzene rings is 1. The second-order valence-corrected chi connectivity index (χ2v) is 7.22. The van der Waals surface area contributed by atoms with Gasteiger partial charge in [-0.3, -0.25) is 4.79 Å². The van der Waals surface area contributed by atoms with Crippen LogP contribution in [0.25, 0.3) is 0 Å². The molecule has 3 N–H and O–H groups in total. The zero-order valence-corrected chi connectivity index (χ0v) is 15.0. The molecule has 0 fully saturated rings. The van der Waals surface area contributed by atoms with Crippen molar-refractivity contribution in [2.75, 3.05) is 13.1 Å². The maximum atomic E-state index is 13.0. The quantitative estimate of drug-likeness (QED) is 0.637. The van der Waals surface area contributed by atoms with Gasteiger partial charge in [-0.2, -0.15) is 17.9 Å². The Balaban J connectivity index is 2.86. The third-order valence-corrected chi connectivity index (χ3v) is 4.94. The first-order valence-electron chi connectivity index (χ1n) is 7.68. The lowest BCUT2D eigenvalue weighted by Gasteiger charge is -2.18. The number of alkyl halides is 3. The normalized spacial score (nSPS) is 14.8. The van der Waals surface area contributed by atoms with Crippen molar-refractivity contribution in [1.82, 2.24) is 15.4 Å². The number of carbonyl (C=O) groups is 1. The Labute approximate surface area is 145 Å². The van der Waals surface area contributed by atoms with Crippen LogP contribution in [-0.4, -0.2) is 39.5 Å². The Bertz CT molecular complexity index is 693. The van der Waals surface area contributed by atoms with Crippen LogP contribution in [0.5, 0.6) is 0 Å². The highest BCUT2D eigenvalue weighted by Crippen LogP contribution is 2.33. The van der Waals surface area contributed by atoms with Crippen molar-refractivity contribution in [2.24, 2.45) is 0 Å². The highest BCUT2D eigenvalue weighted by Gasteiger charge is 2.37. The molecule has 0 spiro atoms. The summed E-state index contributed by atoms with van der Waals surface area (Å²) >= 11 is 0. The third-order valence-electron chi connectivity index (χ3n) is 3.34. The minimum absolute atomic E-state index is 0.0243. The molecule has 1 amide bonds. The second kappa shape index (κ2) is 8.63. The molecule has 2 atom stereocenters. The summed E-state index contributed by atoms with van der Waals surface area (Å²) in [5.41, 5.74) is -1.28. The van der Waals surface area contributed by atoms with Crippen molar-refractivity contribution < 1.29 is 26.4 Å². The Kier molecular flexibility index (Phi) is 7.39. The van der Waals surface area contributed by atoms with Crippen LogP contribution in [-0.2, 0) is 21.0 Å². The van der Waals surface area contributed by atoms with Crippen LogP contribution in [0.3, 0.4) is 0 Å². The van der Waals surface area contributed by atoms with Gasteiger partial charge in [0.2, 0.25) is 15.9 Å². The van der Waals surface area contributed by atoms with E-state index in [0.29, 0.717) is 12.6 Å². The lowest BCUT2D eigenvalue weighted by atomic mass is 10.2. The van der Waals surface area contributed by atoms with Crippen molar-refractivity contribution in [3.8, 4) is 0 Å². The van der Waals surface area contributed by atoms with E-state index < -0.39 is 38.6 Å². The number of rotatable bonds is 8. The van der Waals surface area contributed by atoms with Gasteiger partial charge in [-0.15, -0.1) is 0 Å². The van der Waals surface area contributed by atoms with E-state index in [2.05, 4.69) is 10.6 Å². The number of hydrogen-bond donors (Lipinski definition) is 3. The molecule has 0 heterocycles. The summed E-state index contributed by atoms with van der Waals surface area (Å²) < 4.78 is 65.4. The van der Waals surface area contributed by atoms with E-state index in [4.69, 9.17) is 0 Å². The summed E-state index contributed by atoms with van der Waals surface area (Å²) in [5, 5.41) is 5.59. The van der Waals surface area contributed by atoms with Crippen molar-refractivity contribution >= 4 is 15.9 Å². The Hall–Kier alpha value is -1.65. The van der Waals surface area contributed by atoms with Crippen LogP contribution in [0.15, 0.2) is 29.2 Å². The van der Waals surface area contributed by atoms with Gasteiger partial charge < -0.3 is 10.6 Å². The van der Waals surface area contributed by atoms with E-state index in [9.17, 15) is 26.4 Å². The average Bonchev–Trinajstić information content (AvgIpc) is 2.51. The molecule has 0 aliphatic carbocycles. The summed E-state index contributed by atoms with van der Waals surface area (Å²) in [7, 11) is -4.51. The van der Waals surface area contributed by atoms with Gasteiger partial charge in [0.1, 0.15) is 0 Å². The minimum atomic E-state index is -4.82. The molecule has 0 bridgehead atoms. The molecule has 0 saturated heterocycles. The molecule has 1 aromatic rings. The number of halogens is 3. The van der Waals surface area contributed by atoms with Gasteiger partial charge in [-0.05, 0) is 32.5 Å². The summed E-state index contributed by atoms with van der Waals surface area (Å²) in [5.74, 6) is -0.627. The van der Waals surface area contributed by atoms with E-state index in [1.165, 1.54) is 13.0 Å². The lowest BCUT2D eigenvalue weighted by Crippen LogP contribution is -2.48. The Morgan fingerprint density at radius 1 is 1.20 bits per heavy atom. The highest BCUT2D eigenvalue weighted by molar-refractivity contribution is 7.89. The maximum Gasteiger partial charge on any atom is 0.417 e. The van der Waals surface area contributed by atoms with Crippen molar-refractivity contribution in [3.05, 3.63) is 29.8 Å². The summed E-state index contributed by atoms with van der Waals surface area (Å²) in [4.78, 5) is 11.0. The molecular weight excluding hydrogens is 359 g/mol. The average molecular weight is 381 g/mol. The molecule has 1 aromatic carbocycles. The fourth-order valence-electron chi connectivity index (χ4n) is 2.11. The van der Waals surface area contributed by atoms with Gasteiger partial charge in [0, 0.05) is 12.6 Å². The van der Waals surface area contributed by atoms with E-state index >= 15 is 0 Å². The summed E-state index contributed by atoms with van der Waals surface area (Å²) in [6, 6.07) is 2.57. The molecule has 0 aliphatic heterocycles. The smallest absolute Gasteiger partial charge is 0.353 e. The number of nitrogens with one attached hydrogen (secondary N) is 3. The first-order valence-corrected chi connectivity index (χ1v) is 9.17.